The summed E-state index contributed by atoms with van der Waals surface area (Å²) >= 11 is 0. The van der Waals surface area contributed by atoms with Crippen LogP contribution in [-0.2, 0) is 8.85 Å². The van der Waals surface area contributed by atoms with E-state index in [1.165, 1.54) is 10.9 Å². The van der Waals surface area contributed by atoms with Gasteiger partial charge in [0.2, 0.25) is 0 Å². The molecule has 0 aliphatic heterocycles. The SMILES string of the molecule is CCN(CC)c1ccc([Si](OC)(OC)C(C)(C)C)cc1. The first-order valence-electron chi connectivity index (χ1n) is 7.32. The molecule has 1 rings (SSSR count). The second-order valence-corrected chi connectivity index (χ2v) is 10.1. The summed E-state index contributed by atoms with van der Waals surface area (Å²) in [6, 6.07) is 8.68. The second kappa shape index (κ2) is 6.74. The van der Waals surface area contributed by atoms with Crippen molar-refractivity contribution in [3.8, 4) is 0 Å². The Kier molecular flexibility index (Phi) is 5.80. The van der Waals surface area contributed by atoms with Crippen molar-refractivity contribution in [3.63, 3.8) is 0 Å². The van der Waals surface area contributed by atoms with Crippen LogP contribution in [0.1, 0.15) is 34.6 Å². The number of hydrogen-bond donors (Lipinski definition) is 0. The molecule has 1 aromatic carbocycles. The van der Waals surface area contributed by atoms with E-state index in [1.54, 1.807) is 14.2 Å². The minimum atomic E-state index is -2.42. The molecule has 0 saturated carbocycles. The largest absolute Gasteiger partial charge is 0.394 e. The molecule has 0 N–H and O–H groups in total. The Morgan fingerprint density at radius 1 is 0.950 bits per heavy atom. The molecule has 114 valence electrons. The van der Waals surface area contributed by atoms with Crippen LogP contribution in [0, 0.1) is 0 Å². The normalized spacial score (nSPS) is 12.6. The lowest BCUT2D eigenvalue weighted by Crippen LogP contribution is -2.59. The Balaban J connectivity index is 3.19. The van der Waals surface area contributed by atoms with Crippen molar-refractivity contribution in [3.05, 3.63) is 24.3 Å². The van der Waals surface area contributed by atoms with Crippen molar-refractivity contribution in [2.24, 2.45) is 0 Å². The first-order chi connectivity index (χ1) is 9.36. The summed E-state index contributed by atoms with van der Waals surface area (Å²) in [5.41, 5.74) is 1.25. The van der Waals surface area contributed by atoms with Gasteiger partial charge in [0, 0.05) is 38.0 Å². The van der Waals surface area contributed by atoms with Gasteiger partial charge < -0.3 is 13.8 Å². The molecular formula is C16H29NO2Si. The van der Waals surface area contributed by atoms with Gasteiger partial charge in [-0.15, -0.1) is 0 Å². The van der Waals surface area contributed by atoms with E-state index in [0.29, 0.717) is 0 Å². The quantitative estimate of drug-likeness (QED) is 0.752. The summed E-state index contributed by atoms with van der Waals surface area (Å²) < 4.78 is 11.8. The molecule has 0 saturated heterocycles. The summed E-state index contributed by atoms with van der Waals surface area (Å²) in [7, 11) is 1.11. The van der Waals surface area contributed by atoms with Gasteiger partial charge in [-0.25, -0.2) is 0 Å². The van der Waals surface area contributed by atoms with Crippen LogP contribution in [0.5, 0.6) is 0 Å². The molecule has 0 heterocycles. The fourth-order valence-electron chi connectivity index (χ4n) is 2.84. The van der Waals surface area contributed by atoms with Gasteiger partial charge in [0.25, 0.3) is 0 Å². The van der Waals surface area contributed by atoms with Crippen molar-refractivity contribution in [1.29, 1.82) is 0 Å². The lowest BCUT2D eigenvalue weighted by atomic mass is 10.2. The van der Waals surface area contributed by atoms with E-state index in [0.717, 1.165) is 13.1 Å². The monoisotopic (exact) mass is 295 g/mol. The smallest absolute Gasteiger partial charge is 0.377 e. The third kappa shape index (κ3) is 3.08. The summed E-state index contributed by atoms with van der Waals surface area (Å²) in [6.07, 6.45) is 0. The van der Waals surface area contributed by atoms with E-state index < -0.39 is 8.56 Å². The Morgan fingerprint density at radius 3 is 1.70 bits per heavy atom. The maximum atomic E-state index is 5.89. The van der Waals surface area contributed by atoms with Crippen molar-refractivity contribution in [2.75, 3.05) is 32.2 Å². The van der Waals surface area contributed by atoms with Crippen LogP contribution in [-0.4, -0.2) is 35.9 Å². The zero-order valence-electron chi connectivity index (χ0n) is 14.0. The molecule has 3 nitrogen and oxygen atoms in total. The number of rotatable bonds is 6. The average molecular weight is 295 g/mol. The molecule has 0 spiro atoms. The van der Waals surface area contributed by atoms with Gasteiger partial charge in [-0.3, -0.25) is 0 Å². The van der Waals surface area contributed by atoms with Crippen LogP contribution in [0.4, 0.5) is 5.69 Å². The lowest BCUT2D eigenvalue weighted by molar-refractivity contribution is 0.230. The minimum Gasteiger partial charge on any atom is -0.394 e. The molecule has 0 aliphatic rings. The zero-order chi connectivity index (χ0) is 15.4. The number of hydrogen-bond acceptors (Lipinski definition) is 3. The first kappa shape index (κ1) is 17.2. The molecular weight excluding hydrogens is 266 g/mol. The molecule has 0 radical (unpaired) electrons. The predicted molar refractivity (Wildman–Crippen MR) is 89.1 cm³/mol. The van der Waals surface area contributed by atoms with Crippen LogP contribution in [0.15, 0.2) is 24.3 Å². The molecule has 4 heteroatoms. The van der Waals surface area contributed by atoms with Gasteiger partial charge in [0.05, 0.1) is 0 Å². The van der Waals surface area contributed by atoms with Crippen molar-refractivity contribution in [2.45, 2.75) is 39.7 Å². The molecule has 0 aliphatic carbocycles. The van der Waals surface area contributed by atoms with Gasteiger partial charge in [0.15, 0.2) is 0 Å². The Bertz CT molecular complexity index is 403. The van der Waals surface area contributed by atoms with Gasteiger partial charge >= 0.3 is 8.56 Å². The highest BCUT2D eigenvalue weighted by atomic mass is 28.4. The number of nitrogens with zero attached hydrogens (tertiary/aromatic N) is 1. The van der Waals surface area contributed by atoms with Crippen LogP contribution in [0.25, 0.3) is 0 Å². The third-order valence-corrected chi connectivity index (χ3v) is 8.16. The van der Waals surface area contributed by atoms with Crippen LogP contribution in [0.3, 0.4) is 0 Å². The van der Waals surface area contributed by atoms with Gasteiger partial charge in [-0.2, -0.15) is 0 Å². The Labute approximate surface area is 125 Å². The number of anilines is 1. The highest BCUT2D eigenvalue weighted by Gasteiger charge is 2.49. The maximum Gasteiger partial charge on any atom is 0.377 e. The van der Waals surface area contributed by atoms with Crippen molar-refractivity contribution >= 4 is 19.4 Å². The third-order valence-electron chi connectivity index (χ3n) is 3.94. The highest BCUT2D eigenvalue weighted by molar-refractivity contribution is 6.83. The molecule has 0 unspecified atom stereocenters. The van der Waals surface area contributed by atoms with E-state index >= 15 is 0 Å². The van der Waals surface area contributed by atoms with Gasteiger partial charge in [0.1, 0.15) is 0 Å². The standard InChI is InChI=1S/C16H29NO2Si/c1-8-17(9-2)14-10-12-15(13-11-14)20(18-6,19-7)16(3,4)5/h10-13H,8-9H2,1-7H3. The van der Waals surface area contributed by atoms with Crippen molar-refractivity contribution < 1.29 is 8.85 Å². The maximum absolute atomic E-state index is 5.89. The first-order valence-corrected chi connectivity index (χ1v) is 9.13. The summed E-state index contributed by atoms with van der Waals surface area (Å²) in [5.74, 6) is 0. The van der Waals surface area contributed by atoms with E-state index in [-0.39, 0.29) is 5.04 Å². The predicted octanol–water partition coefficient (Wildman–Crippen LogP) is 3.27. The topological polar surface area (TPSA) is 21.7 Å². The molecule has 0 atom stereocenters. The lowest BCUT2D eigenvalue weighted by Gasteiger charge is -2.39. The van der Waals surface area contributed by atoms with Crippen molar-refractivity contribution in [1.82, 2.24) is 0 Å². The fourth-order valence-corrected chi connectivity index (χ4v) is 6.18. The number of benzene rings is 1. The molecule has 0 aromatic heterocycles. The molecule has 0 fully saturated rings. The second-order valence-electron chi connectivity index (χ2n) is 5.99. The van der Waals surface area contributed by atoms with Crippen LogP contribution >= 0.6 is 0 Å². The highest BCUT2D eigenvalue weighted by Crippen LogP contribution is 2.36. The summed E-state index contributed by atoms with van der Waals surface area (Å²) in [5, 5.41) is 1.17. The van der Waals surface area contributed by atoms with Gasteiger partial charge in [-0.05, 0) is 31.2 Å². The van der Waals surface area contributed by atoms with Gasteiger partial charge in [-0.1, -0.05) is 32.9 Å². The average Bonchev–Trinajstić information content (AvgIpc) is 2.42. The van der Waals surface area contributed by atoms with E-state index in [9.17, 15) is 0 Å². The Hall–Kier alpha value is -0.843. The summed E-state index contributed by atoms with van der Waals surface area (Å²) in [6.45, 7) is 12.9. The van der Waals surface area contributed by atoms with E-state index in [1.807, 2.05) is 0 Å². The molecule has 0 amide bonds. The Morgan fingerprint density at radius 2 is 1.40 bits per heavy atom. The molecule has 0 bridgehead atoms. The summed E-state index contributed by atoms with van der Waals surface area (Å²) in [4.78, 5) is 2.34. The molecule has 1 aromatic rings. The van der Waals surface area contributed by atoms with Crippen LogP contribution in [0.2, 0.25) is 5.04 Å². The minimum absolute atomic E-state index is 0.0206. The van der Waals surface area contributed by atoms with E-state index in [2.05, 4.69) is 63.8 Å². The van der Waals surface area contributed by atoms with Crippen LogP contribution < -0.4 is 10.1 Å². The zero-order valence-corrected chi connectivity index (χ0v) is 15.0. The molecule has 20 heavy (non-hydrogen) atoms. The fraction of sp³-hybridized carbons (Fsp3) is 0.625. The van der Waals surface area contributed by atoms with E-state index in [4.69, 9.17) is 8.85 Å².